The molecule has 0 amide bonds. The molecule has 9 nitrogen and oxygen atoms in total. The van der Waals surface area contributed by atoms with Crippen LogP contribution in [0, 0.1) is 7.05 Å². The van der Waals surface area contributed by atoms with Gasteiger partial charge >= 0.3 is 0 Å². The lowest BCUT2D eigenvalue weighted by Crippen LogP contribution is -2.32. The molecule has 9 heteroatoms. The minimum absolute atomic E-state index is 0.0220. The number of nitrogens with zero attached hydrogens (tertiary/aromatic N) is 5. The number of hydrogen-bond donors (Lipinski definition) is 4. The summed E-state index contributed by atoms with van der Waals surface area (Å²) in [6.45, 7) is 13.0. The second-order valence-electron chi connectivity index (χ2n) is 11.1. The van der Waals surface area contributed by atoms with Gasteiger partial charge in [0.25, 0.3) is 0 Å². The Hall–Kier alpha value is -0.360. The fourth-order valence-corrected chi connectivity index (χ4v) is 4.64. The molecular formula is C29H64N5O4-. The first-order valence-corrected chi connectivity index (χ1v) is 15.2. The van der Waals surface area contributed by atoms with Crippen molar-refractivity contribution in [3.63, 3.8) is 0 Å². The standard InChI is InChI=1S/C7H15NO.2C6H13NO.C5H13NO.C5H10N/c9-7-6-8-4-2-1-3-5-8;1-7-4-2-6(8)3-5-7;8-6-5-7-3-1-2-4-7;1-6(2)4-3-5-7;1-6-4-2-3-5-6/h9H,1-7H2;6,8H,2-5H2,1H3;8H,1-6H2;7H,3-5H2,1-2H3;1-5H2/q;;;;-1. The topological polar surface area (TPSA) is 97.1 Å². The quantitative estimate of drug-likeness (QED) is 0.354. The summed E-state index contributed by atoms with van der Waals surface area (Å²) in [5.41, 5.74) is 0. The highest BCUT2D eigenvalue weighted by atomic mass is 16.3. The molecule has 0 aromatic carbocycles. The Balaban J connectivity index is 0.000000453. The van der Waals surface area contributed by atoms with Crippen LogP contribution in [0.25, 0.3) is 0 Å². The van der Waals surface area contributed by atoms with Gasteiger partial charge in [0.15, 0.2) is 0 Å². The van der Waals surface area contributed by atoms with E-state index in [2.05, 4.69) is 38.6 Å². The van der Waals surface area contributed by atoms with E-state index in [0.29, 0.717) is 19.8 Å². The predicted molar refractivity (Wildman–Crippen MR) is 159 cm³/mol. The fraction of sp³-hybridized carbons (Fsp3) is 0.966. The summed E-state index contributed by atoms with van der Waals surface area (Å²) in [6.07, 6.45) is 12.1. The maximum absolute atomic E-state index is 9.00. The molecule has 4 rings (SSSR count). The van der Waals surface area contributed by atoms with Crippen molar-refractivity contribution in [1.29, 1.82) is 0 Å². The zero-order chi connectivity index (χ0) is 28.4. The van der Waals surface area contributed by atoms with E-state index in [1.165, 1.54) is 84.2 Å². The van der Waals surface area contributed by atoms with E-state index >= 15 is 0 Å². The van der Waals surface area contributed by atoms with Crippen LogP contribution in [-0.4, -0.2) is 164 Å². The highest BCUT2D eigenvalue weighted by molar-refractivity contribution is 4.67. The normalized spacial score (nSPS) is 21.4. The Labute approximate surface area is 235 Å². The molecule has 0 saturated carbocycles. The van der Waals surface area contributed by atoms with Crippen LogP contribution in [0.3, 0.4) is 0 Å². The highest BCUT2D eigenvalue weighted by Gasteiger charge is 2.12. The Morgan fingerprint density at radius 1 is 0.658 bits per heavy atom. The lowest BCUT2D eigenvalue weighted by molar-refractivity contribution is 0.0942. The third kappa shape index (κ3) is 24.7. The molecule has 0 spiro atoms. The van der Waals surface area contributed by atoms with Gasteiger partial charge in [-0.2, -0.15) is 0 Å². The van der Waals surface area contributed by atoms with E-state index in [0.717, 1.165) is 52.0 Å². The van der Waals surface area contributed by atoms with Crippen molar-refractivity contribution in [2.45, 2.75) is 70.3 Å². The molecule has 4 fully saturated rings. The van der Waals surface area contributed by atoms with E-state index in [1.54, 1.807) is 0 Å². The van der Waals surface area contributed by atoms with Gasteiger partial charge in [0, 0.05) is 32.8 Å². The number of hydrogen-bond acceptors (Lipinski definition) is 9. The molecule has 0 radical (unpaired) electrons. The zero-order valence-corrected chi connectivity index (χ0v) is 25.3. The molecule has 230 valence electrons. The van der Waals surface area contributed by atoms with Gasteiger partial charge < -0.3 is 44.9 Å². The summed E-state index contributed by atoms with van der Waals surface area (Å²) >= 11 is 0. The van der Waals surface area contributed by atoms with Crippen molar-refractivity contribution in [2.75, 3.05) is 113 Å². The molecule has 0 atom stereocenters. The Morgan fingerprint density at radius 3 is 1.37 bits per heavy atom. The zero-order valence-electron chi connectivity index (χ0n) is 25.3. The molecular weight excluding hydrogens is 482 g/mol. The summed E-state index contributed by atoms with van der Waals surface area (Å²) < 4.78 is 0. The van der Waals surface area contributed by atoms with Gasteiger partial charge in [0.2, 0.25) is 0 Å². The number of likely N-dealkylation sites (tertiary alicyclic amines) is 4. The average Bonchev–Trinajstić information content (AvgIpc) is 3.61. The van der Waals surface area contributed by atoms with Crippen molar-refractivity contribution in [3.05, 3.63) is 7.05 Å². The second-order valence-corrected chi connectivity index (χ2v) is 11.1. The summed E-state index contributed by atoms with van der Waals surface area (Å²) in [5, 5.41) is 34.4. The van der Waals surface area contributed by atoms with Gasteiger partial charge in [-0.25, -0.2) is 0 Å². The van der Waals surface area contributed by atoms with Crippen LogP contribution in [0.1, 0.15) is 64.2 Å². The largest absolute Gasteiger partial charge is 0.459 e. The van der Waals surface area contributed by atoms with Crippen molar-refractivity contribution >= 4 is 0 Å². The van der Waals surface area contributed by atoms with E-state index in [9.17, 15) is 0 Å². The van der Waals surface area contributed by atoms with Crippen molar-refractivity contribution < 1.29 is 20.4 Å². The van der Waals surface area contributed by atoms with Gasteiger partial charge in [-0.1, -0.05) is 6.42 Å². The Morgan fingerprint density at radius 2 is 1.08 bits per heavy atom. The maximum Gasteiger partial charge on any atom is 0.0564 e. The molecule has 4 N–H and O–H groups in total. The van der Waals surface area contributed by atoms with Gasteiger partial charge in [-0.15, -0.1) is 0 Å². The lowest BCUT2D eigenvalue weighted by Gasteiger charge is -2.25. The number of aliphatic hydroxyl groups excluding tert-OH is 4. The molecule has 4 aliphatic rings. The molecule has 0 aromatic heterocycles. The monoisotopic (exact) mass is 546 g/mol. The summed E-state index contributed by atoms with van der Waals surface area (Å²) in [6, 6.07) is 0. The van der Waals surface area contributed by atoms with Crippen LogP contribution in [0.15, 0.2) is 0 Å². The molecule has 0 bridgehead atoms. The van der Waals surface area contributed by atoms with Crippen LogP contribution in [0.5, 0.6) is 0 Å². The highest BCUT2D eigenvalue weighted by Crippen LogP contribution is 2.08. The van der Waals surface area contributed by atoms with Gasteiger partial charge in [-0.3, -0.25) is 7.05 Å². The smallest absolute Gasteiger partial charge is 0.0564 e. The number of piperidine rings is 2. The van der Waals surface area contributed by atoms with Crippen LogP contribution >= 0.6 is 0 Å². The van der Waals surface area contributed by atoms with Crippen LogP contribution in [0.4, 0.5) is 0 Å². The number of rotatable bonds is 7. The maximum atomic E-state index is 9.00. The van der Waals surface area contributed by atoms with E-state index in [1.807, 2.05) is 14.1 Å². The van der Waals surface area contributed by atoms with Crippen LogP contribution < -0.4 is 0 Å². The minimum atomic E-state index is -0.0220. The molecule has 38 heavy (non-hydrogen) atoms. The number of β-amino-alcohol motifs (C(OH)–C–C–N with tert-alkyl or cyclic N) is 2. The van der Waals surface area contributed by atoms with Crippen molar-refractivity contribution in [3.8, 4) is 0 Å². The third-order valence-electron chi connectivity index (χ3n) is 7.13. The van der Waals surface area contributed by atoms with E-state index in [4.69, 9.17) is 20.4 Å². The molecule has 4 aliphatic heterocycles. The summed E-state index contributed by atoms with van der Waals surface area (Å²) in [5.74, 6) is 0. The van der Waals surface area contributed by atoms with Gasteiger partial charge in [0.1, 0.15) is 0 Å². The SMILES string of the molecule is CN(C)CCCO.CN1CCC(O)CC1.OCCN1CCCC1.OCCN1CCCCC1.[CH2-]N1CCCC1. The fourth-order valence-electron chi connectivity index (χ4n) is 4.64. The average molecular weight is 547 g/mol. The van der Waals surface area contributed by atoms with E-state index < -0.39 is 0 Å². The molecule has 4 heterocycles. The first-order valence-electron chi connectivity index (χ1n) is 15.2. The van der Waals surface area contributed by atoms with Crippen LogP contribution in [0.2, 0.25) is 0 Å². The molecule has 0 unspecified atom stereocenters. The molecule has 0 aromatic rings. The number of aliphatic hydroxyl groups is 4. The predicted octanol–water partition coefficient (Wildman–Crippen LogP) is 1.42. The summed E-state index contributed by atoms with van der Waals surface area (Å²) in [4.78, 5) is 11.0. The van der Waals surface area contributed by atoms with Crippen LogP contribution in [-0.2, 0) is 0 Å². The van der Waals surface area contributed by atoms with Gasteiger partial charge in [0.05, 0.1) is 19.3 Å². The molecule has 4 saturated heterocycles. The van der Waals surface area contributed by atoms with Crippen molar-refractivity contribution in [2.24, 2.45) is 0 Å². The van der Waals surface area contributed by atoms with E-state index in [-0.39, 0.29) is 6.10 Å². The van der Waals surface area contributed by atoms with Gasteiger partial charge in [-0.05, 0) is 125 Å². The third-order valence-corrected chi connectivity index (χ3v) is 7.13. The summed E-state index contributed by atoms with van der Waals surface area (Å²) in [7, 11) is 9.85. The lowest BCUT2D eigenvalue weighted by atomic mass is 10.1. The molecule has 0 aliphatic carbocycles. The Bertz CT molecular complexity index is 451. The Kier molecular flexibility index (Phi) is 26.6. The first kappa shape index (κ1) is 37.6. The minimum Gasteiger partial charge on any atom is -0.459 e. The first-order chi connectivity index (χ1) is 18.3. The van der Waals surface area contributed by atoms with Crippen molar-refractivity contribution in [1.82, 2.24) is 24.5 Å². The second kappa shape index (κ2) is 26.8.